The van der Waals surface area contributed by atoms with E-state index < -0.39 is 0 Å². The molecule has 0 spiro atoms. The highest BCUT2D eigenvalue weighted by molar-refractivity contribution is 14.1. The average Bonchev–Trinajstić information content (AvgIpc) is 2.15. The maximum Gasteiger partial charge on any atom is 0.0387 e. The molecule has 1 rings (SSSR count). The fourth-order valence-electron chi connectivity index (χ4n) is 1.38. The molecule has 0 fully saturated rings. The molecule has 1 unspecified atom stereocenters. The number of alkyl halides is 1. The number of aryl methyl sites for hydroxylation is 1. The van der Waals surface area contributed by atoms with Crippen LogP contribution >= 0.6 is 34.2 Å². The van der Waals surface area contributed by atoms with E-state index >= 15 is 0 Å². The molecule has 0 amide bonds. The molecule has 0 aliphatic carbocycles. The number of hydrogen-bond acceptors (Lipinski definition) is 0. The first-order valence-electron chi connectivity index (χ1n) is 5.28. The van der Waals surface area contributed by atoms with Crippen molar-refractivity contribution >= 4 is 34.2 Å². The van der Waals surface area contributed by atoms with Gasteiger partial charge in [0.2, 0.25) is 0 Å². The van der Waals surface area contributed by atoms with Crippen molar-refractivity contribution in [2.24, 2.45) is 5.41 Å². The van der Waals surface area contributed by atoms with Gasteiger partial charge in [-0.25, -0.2) is 0 Å². The van der Waals surface area contributed by atoms with Gasteiger partial charge in [0.05, 0.1) is 0 Å². The van der Waals surface area contributed by atoms with Crippen LogP contribution in [0, 0.1) is 8.99 Å². The maximum absolute atomic E-state index is 6.34. The zero-order chi connectivity index (χ0) is 11.5. The van der Waals surface area contributed by atoms with Crippen molar-refractivity contribution in [2.45, 2.75) is 39.0 Å². The Labute approximate surface area is 112 Å². The topological polar surface area (TPSA) is 0 Å². The molecule has 0 aromatic heterocycles. The monoisotopic (exact) mass is 336 g/mol. The Kier molecular flexibility index (Phi) is 4.91. The molecule has 0 saturated carbocycles. The highest BCUT2D eigenvalue weighted by atomic mass is 127. The van der Waals surface area contributed by atoms with Crippen LogP contribution in [0.4, 0.5) is 0 Å². The van der Waals surface area contributed by atoms with Gasteiger partial charge in [-0.3, -0.25) is 0 Å². The summed E-state index contributed by atoms with van der Waals surface area (Å²) in [4.78, 5) is 0. The van der Waals surface area contributed by atoms with Crippen molar-refractivity contribution in [1.82, 2.24) is 0 Å². The van der Waals surface area contributed by atoms with E-state index in [-0.39, 0.29) is 10.8 Å². The van der Waals surface area contributed by atoms with Crippen LogP contribution in [-0.4, -0.2) is 5.38 Å². The van der Waals surface area contributed by atoms with Crippen molar-refractivity contribution in [3.8, 4) is 0 Å². The van der Waals surface area contributed by atoms with Crippen molar-refractivity contribution in [1.29, 1.82) is 0 Å². The predicted octanol–water partition coefficient (Wildman–Crippen LogP) is 4.88. The first kappa shape index (κ1) is 13.3. The third kappa shape index (κ3) is 4.73. The van der Waals surface area contributed by atoms with Crippen LogP contribution in [0.2, 0.25) is 0 Å². The molecule has 0 aliphatic heterocycles. The average molecular weight is 337 g/mol. The molecule has 0 N–H and O–H groups in total. The lowest BCUT2D eigenvalue weighted by Crippen LogP contribution is -2.21. The predicted molar refractivity (Wildman–Crippen MR) is 76.6 cm³/mol. The van der Waals surface area contributed by atoms with Crippen LogP contribution in [0.3, 0.4) is 0 Å². The number of benzene rings is 1. The summed E-state index contributed by atoms with van der Waals surface area (Å²) in [6, 6.07) is 8.68. The second-order valence-corrected chi connectivity index (χ2v) is 6.77. The maximum atomic E-state index is 6.34. The lowest BCUT2D eigenvalue weighted by Gasteiger charge is -2.25. The third-order valence-electron chi connectivity index (χ3n) is 2.54. The molecule has 1 aromatic carbocycles. The van der Waals surface area contributed by atoms with E-state index in [1.54, 1.807) is 0 Å². The summed E-state index contributed by atoms with van der Waals surface area (Å²) in [6.45, 7) is 6.58. The van der Waals surface area contributed by atoms with Gasteiger partial charge in [-0.2, -0.15) is 0 Å². The van der Waals surface area contributed by atoms with Crippen LogP contribution < -0.4 is 0 Å². The Bertz CT molecular complexity index is 297. The molecule has 0 nitrogen and oxygen atoms in total. The quantitative estimate of drug-likeness (QED) is 0.545. The van der Waals surface area contributed by atoms with E-state index in [4.69, 9.17) is 11.6 Å². The summed E-state index contributed by atoms with van der Waals surface area (Å²) in [6.07, 6.45) is 2.12. The minimum absolute atomic E-state index is 0.199. The van der Waals surface area contributed by atoms with E-state index in [1.165, 1.54) is 9.13 Å². The molecule has 0 aliphatic rings. The Morgan fingerprint density at radius 1 is 1.20 bits per heavy atom. The van der Waals surface area contributed by atoms with Crippen LogP contribution in [0.25, 0.3) is 0 Å². The lowest BCUT2D eigenvalue weighted by molar-refractivity contribution is 0.374. The third-order valence-corrected chi connectivity index (χ3v) is 4.13. The second-order valence-electron chi connectivity index (χ2n) is 5.00. The van der Waals surface area contributed by atoms with Crippen molar-refractivity contribution in [2.75, 3.05) is 0 Å². The number of rotatable bonds is 3. The van der Waals surface area contributed by atoms with E-state index in [9.17, 15) is 0 Å². The number of halogens is 2. The zero-order valence-electron chi connectivity index (χ0n) is 9.56. The molecule has 15 heavy (non-hydrogen) atoms. The Hall–Kier alpha value is 0.240. The van der Waals surface area contributed by atoms with E-state index in [2.05, 4.69) is 67.6 Å². The van der Waals surface area contributed by atoms with E-state index in [1.807, 2.05) is 0 Å². The van der Waals surface area contributed by atoms with Crippen molar-refractivity contribution in [3.05, 3.63) is 33.4 Å². The standard InChI is InChI=1S/C13H18ClI/c1-13(2,3)12(14)9-6-10-4-7-11(15)8-5-10/h4-5,7-8,12H,6,9H2,1-3H3. The summed E-state index contributed by atoms with van der Waals surface area (Å²) < 4.78 is 1.29. The van der Waals surface area contributed by atoms with Crippen LogP contribution in [-0.2, 0) is 6.42 Å². The molecule has 1 atom stereocenters. The fraction of sp³-hybridized carbons (Fsp3) is 0.538. The van der Waals surface area contributed by atoms with Gasteiger partial charge in [-0.1, -0.05) is 32.9 Å². The highest BCUT2D eigenvalue weighted by Gasteiger charge is 2.21. The molecular formula is C13H18ClI. The zero-order valence-corrected chi connectivity index (χ0v) is 12.5. The highest BCUT2D eigenvalue weighted by Crippen LogP contribution is 2.28. The minimum atomic E-state index is 0.199. The van der Waals surface area contributed by atoms with Gasteiger partial charge in [-0.05, 0) is 58.5 Å². The molecular weight excluding hydrogens is 318 g/mol. The lowest BCUT2D eigenvalue weighted by atomic mass is 9.88. The molecule has 0 radical (unpaired) electrons. The van der Waals surface area contributed by atoms with Gasteiger partial charge in [0.15, 0.2) is 0 Å². The first-order valence-corrected chi connectivity index (χ1v) is 6.79. The summed E-state index contributed by atoms with van der Waals surface area (Å²) in [7, 11) is 0. The SMILES string of the molecule is CC(C)(C)C(Cl)CCc1ccc(I)cc1. The molecule has 1 aromatic rings. The second kappa shape index (κ2) is 5.53. The van der Waals surface area contributed by atoms with Gasteiger partial charge in [0, 0.05) is 8.95 Å². The van der Waals surface area contributed by atoms with Gasteiger partial charge in [-0.15, -0.1) is 11.6 Å². The summed E-state index contributed by atoms with van der Waals surface area (Å²) in [5.74, 6) is 0. The van der Waals surface area contributed by atoms with Crippen LogP contribution in [0.5, 0.6) is 0 Å². The Morgan fingerprint density at radius 3 is 2.20 bits per heavy atom. The Balaban J connectivity index is 2.47. The van der Waals surface area contributed by atoms with Gasteiger partial charge in [0.25, 0.3) is 0 Å². The molecule has 0 heterocycles. The fourth-order valence-corrected chi connectivity index (χ4v) is 1.85. The summed E-state index contributed by atoms with van der Waals surface area (Å²) in [5.41, 5.74) is 1.58. The smallest absolute Gasteiger partial charge is 0.0387 e. The van der Waals surface area contributed by atoms with Gasteiger partial charge >= 0.3 is 0 Å². The first-order chi connectivity index (χ1) is 6.89. The minimum Gasteiger partial charge on any atom is -0.122 e. The molecule has 2 heteroatoms. The molecule has 84 valence electrons. The van der Waals surface area contributed by atoms with Crippen LogP contribution in [0.1, 0.15) is 32.8 Å². The van der Waals surface area contributed by atoms with Gasteiger partial charge < -0.3 is 0 Å². The normalized spacial score (nSPS) is 13.9. The van der Waals surface area contributed by atoms with Crippen molar-refractivity contribution in [3.63, 3.8) is 0 Å². The van der Waals surface area contributed by atoms with Crippen molar-refractivity contribution < 1.29 is 0 Å². The van der Waals surface area contributed by atoms with E-state index in [0.717, 1.165) is 12.8 Å². The van der Waals surface area contributed by atoms with Gasteiger partial charge in [0.1, 0.15) is 0 Å². The summed E-state index contributed by atoms with van der Waals surface area (Å²) >= 11 is 8.66. The Morgan fingerprint density at radius 2 is 1.73 bits per heavy atom. The largest absolute Gasteiger partial charge is 0.122 e. The molecule has 0 bridgehead atoms. The van der Waals surface area contributed by atoms with E-state index in [0.29, 0.717) is 0 Å². The molecule has 0 saturated heterocycles. The summed E-state index contributed by atoms with van der Waals surface area (Å²) in [5, 5.41) is 0.247. The van der Waals surface area contributed by atoms with Crippen LogP contribution in [0.15, 0.2) is 24.3 Å². The number of hydrogen-bond donors (Lipinski definition) is 0.